The molecule has 1 unspecified atom stereocenters. The van der Waals surface area contributed by atoms with E-state index < -0.39 is 0 Å². The zero-order chi connectivity index (χ0) is 26.4. The third-order valence-corrected chi connectivity index (χ3v) is 8.63. The van der Waals surface area contributed by atoms with E-state index in [2.05, 4.69) is 27.7 Å². The Hall–Kier alpha value is 0. The topological polar surface area (TPSA) is 0 Å². The van der Waals surface area contributed by atoms with Gasteiger partial charge >= 0.3 is 0 Å². The normalized spacial score (nSPS) is 12.6. The van der Waals surface area contributed by atoms with Gasteiger partial charge in [-0.05, 0) is 24.7 Å². The number of rotatable bonds is 31. The van der Waals surface area contributed by atoms with Crippen molar-refractivity contribution in [3.63, 3.8) is 0 Å². The molecule has 0 aromatic heterocycles. The maximum absolute atomic E-state index is 2.39. The first-order valence-corrected chi connectivity index (χ1v) is 17.5. The molecule has 0 nitrogen and oxygen atoms in total. The predicted octanol–water partition coefficient (Wildman–Crippen LogP) is 14.0. The molecular formula is C36H73. The van der Waals surface area contributed by atoms with Crippen LogP contribution in [0.5, 0.6) is 0 Å². The molecule has 0 aliphatic carbocycles. The molecule has 0 aromatic rings. The second-order valence-corrected chi connectivity index (χ2v) is 12.5. The summed E-state index contributed by atoms with van der Waals surface area (Å²) in [7, 11) is 0. The van der Waals surface area contributed by atoms with Crippen molar-refractivity contribution in [3.8, 4) is 0 Å². The van der Waals surface area contributed by atoms with Gasteiger partial charge in [0.2, 0.25) is 0 Å². The highest BCUT2D eigenvalue weighted by Gasteiger charge is 2.13. The summed E-state index contributed by atoms with van der Waals surface area (Å²) in [6, 6.07) is 0. The number of hydrogen-bond donors (Lipinski definition) is 0. The van der Waals surface area contributed by atoms with Gasteiger partial charge in [-0.2, -0.15) is 0 Å². The molecular weight excluding hydrogens is 432 g/mol. The van der Waals surface area contributed by atoms with Crippen LogP contribution in [0.4, 0.5) is 0 Å². The van der Waals surface area contributed by atoms with Crippen LogP contribution in [0.3, 0.4) is 0 Å². The fraction of sp³-hybridized carbons (Fsp3) is 0.972. The molecule has 1 radical (unpaired) electrons. The third-order valence-electron chi connectivity index (χ3n) is 8.63. The lowest BCUT2D eigenvalue weighted by Gasteiger charge is -2.20. The van der Waals surface area contributed by atoms with Gasteiger partial charge in [-0.15, -0.1) is 0 Å². The monoisotopic (exact) mass is 506 g/mol. The third kappa shape index (κ3) is 28.6. The summed E-state index contributed by atoms with van der Waals surface area (Å²) in [5.74, 6) is 2.60. The molecule has 0 saturated carbocycles. The fourth-order valence-corrected chi connectivity index (χ4v) is 5.89. The first-order chi connectivity index (χ1) is 17.7. The Morgan fingerprint density at radius 2 is 0.500 bits per heavy atom. The minimum atomic E-state index is 0.903. The Balaban J connectivity index is 3.38. The van der Waals surface area contributed by atoms with E-state index in [9.17, 15) is 0 Å². The minimum Gasteiger partial charge on any atom is -0.0654 e. The van der Waals surface area contributed by atoms with Gasteiger partial charge in [0.15, 0.2) is 0 Å². The van der Waals surface area contributed by atoms with E-state index in [4.69, 9.17) is 0 Å². The summed E-state index contributed by atoms with van der Waals surface area (Å²) in [5.41, 5.74) is 0. The van der Waals surface area contributed by atoms with Crippen LogP contribution >= 0.6 is 0 Å². The van der Waals surface area contributed by atoms with Crippen LogP contribution in [0.2, 0.25) is 0 Å². The quantitative estimate of drug-likeness (QED) is 0.0821. The summed E-state index contributed by atoms with van der Waals surface area (Å²) < 4.78 is 0. The van der Waals surface area contributed by atoms with Gasteiger partial charge in [0.1, 0.15) is 0 Å². The molecule has 217 valence electrons. The average Bonchev–Trinajstić information content (AvgIpc) is 2.87. The molecule has 0 N–H and O–H groups in total. The van der Waals surface area contributed by atoms with E-state index in [1.54, 1.807) is 5.92 Å². The molecule has 0 heterocycles. The van der Waals surface area contributed by atoms with Gasteiger partial charge in [-0.3, -0.25) is 0 Å². The lowest BCUT2D eigenvalue weighted by atomic mass is 9.85. The summed E-state index contributed by atoms with van der Waals surface area (Å²) in [6.45, 7) is 9.39. The molecule has 0 bridgehead atoms. The van der Waals surface area contributed by atoms with Crippen LogP contribution in [0.25, 0.3) is 0 Å². The van der Waals surface area contributed by atoms with Crippen LogP contribution in [-0.2, 0) is 0 Å². The Bertz CT molecular complexity index is 370. The highest BCUT2D eigenvalue weighted by Crippen LogP contribution is 2.27. The second-order valence-electron chi connectivity index (χ2n) is 12.5. The molecule has 1 atom stereocenters. The Morgan fingerprint density at radius 3 is 0.694 bits per heavy atom. The number of hydrogen-bond acceptors (Lipinski definition) is 0. The van der Waals surface area contributed by atoms with E-state index >= 15 is 0 Å². The van der Waals surface area contributed by atoms with Crippen LogP contribution in [-0.4, -0.2) is 0 Å². The van der Waals surface area contributed by atoms with Gasteiger partial charge < -0.3 is 0 Å². The van der Waals surface area contributed by atoms with Crippen molar-refractivity contribution < 1.29 is 0 Å². The molecule has 0 aliphatic rings. The van der Waals surface area contributed by atoms with Crippen LogP contribution < -0.4 is 0 Å². The molecule has 0 fully saturated rings. The van der Waals surface area contributed by atoms with Gasteiger partial charge in [-0.25, -0.2) is 0 Å². The average molecular weight is 506 g/mol. The van der Waals surface area contributed by atoms with Gasteiger partial charge in [-0.1, -0.05) is 207 Å². The van der Waals surface area contributed by atoms with E-state index in [1.807, 2.05) is 0 Å². The van der Waals surface area contributed by atoms with Gasteiger partial charge in [0.05, 0.1) is 0 Å². The first-order valence-electron chi connectivity index (χ1n) is 17.5. The molecule has 0 spiro atoms. The van der Waals surface area contributed by atoms with Crippen LogP contribution in [0.15, 0.2) is 0 Å². The SMILES string of the molecule is CCCCCCCCCCCCCCCCCCC(CCCCCCCCCCCCCC)[C](C)C. The van der Waals surface area contributed by atoms with Crippen molar-refractivity contribution in [2.75, 3.05) is 0 Å². The van der Waals surface area contributed by atoms with Crippen molar-refractivity contribution in [2.24, 2.45) is 5.92 Å². The zero-order valence-electron chi connectivity index (χ0n) is 26.3. The van der Waals surface area contributed by atoms with Crippen molar-refractivity contribution in [2.45, 2.75) is 220 Å². The Morgan fingerprint density at radius 1 is 0.306 bits per heavy atom. The van der Waals surface area contributed by atoms with Crippen LogP contribution in [0.1, 0.15) is 220 Å². The minimum absolute atomic E-state index is 0.903. The Labute approximate surface area is 232 Å². The Kier molecular flexibility index (Phi) is 31.2. The van der Waals surface area contributed by atoms with E-state index in [0.717, 1.165) is 5.92 Å². The maximum atomic E-state index is 2.39. The van der Waals surface area contributed by atoms with Crippen molar-refractivity contribution in [1.29, 1.82) is 0 Å². The highest BCUT2D eigenvalue weighted by molar-refractivity contribution is 4.86. The summed E-state index contributed by atoms with van der Waals surface area (Å²) in [4.78, 5) is 0. The zero-order valence-corrected chi connectivity index (χ0v) is 26.3. The largest absolute Gasteiger partial charge is 0.0654 e. The first kappa shape index (κ1) is 36.0. The molecule has 0 amide bonds. The molecule has 0 aromatic carbocycles. The predicted molar refractivity (Wildman–Crippen MR) is 168 cm³/mol. The second kappa shape index (κ2) is 31.2. The molecule has 0 heteroatoms. The van der Waals surface area contributed by atoms with Crippen LogP contribution in [0, 0.1) is 11.8 Å². The summed E-state index contributed by atoms with van der Waals surface area (Å²) in [5, 5.41) is 0. The molecule has 0 saturated heterocycles. The highest BCUT2D eigenvalue weighted by atomic mass is 14.2. The lowest BCUT2D eigenvalue weighted by molar-refractivity contribution is 0.415. The van der Waals surface area contributed by atoms with Crippen molar-refractivity contribution >= 4 is 0 Å². The maximum Gasteiger partial charge on any atom is -0.0272 e. The summed E-state index contributed by atoms with van der Waals surface area (Å²) in [6.07, 6.45) is 44.0. The van der Waals surface area contributed by atoms with Crippen molar-refractivity contribution in [3.05, 3.63) is 5.92 Å². The molecule has 36 heavy (non-hydrogen) atoms. The standard InChI is InChI=1S/C36H73/c1-5-7-9-11-13-15-17-19-20-21-22-24-26-28-30-32-34-36(35(3)4)33-31-29-27-25-23-18-16-14-12-10-8-6-2/h36H,5-34H2,1-4H3. The van der Waals surface area contributed by atoms with E-state index in [1.165, 1.54) is 193 Å². The molecule has 0 rings (SSSR count). The summed E-state index contributed by atoms with van der Waals surface area (Å²) >= 11 is 0. The fourth-order valence-electron chi connectivity index (χ4n) is 5.89. The molecule has 0 aliphatic heterocycles. The number of unbranched alkanes of at least 4 members (excludes halogenated alkanes) is 26. The smallest absolute Gasteiger partial charge is 0.0272 e. The van der Waals surface area contributed by atoms with E-state index in [-0.39, 0.29) is 0 Å². The lowest BCUT2D eigenvalue weighted by Crippen LogP contribution is -2.07. The van der Waals surface area contributed by atoms with E-state index in [0.29, 0.717) is 0 Å². The van der Waals surface area contributed by atoms with Crippen molar-refractivity contribution in [1.82, 2.24) is 0 Å². The van der Waals surface area contributed by atoms with Gasteiger partial charge in [0, 0.05) is 0 Å². The van der Waals surface area contributed by atoms with Gasteiger partial charge in [0.25, 0.3) is 0 Å².